The van der Waals surface area contributed by atoms with Gasteiger partial charge in [0.2, 0.25) is 0 Å². The maximum absolute atomic E-state index is 13.3. The van der Waals surface area contributed by atoms with Crippen LogP contribution in [0.25, 0.3) is 16.5 Å². The van der Waals surface area contributed by atoms with E-state index in [1.54, 1.807) is 18.5 Å². The van der Waals surface area contributed by atoms with E-state index in [9.17, 15) is 14.7 Å². The van der Waals surface area contributed by atoms with Gasteiger partial charge in [-0.1, -0.05) is 58.0 Å². The van der Waals surface area contributed by atoms with Gasteiger partial charge in [0, 0.05) is 30.6 Å². The van der Waals surface area contributed by atoms with E-state index < -0.39 is 20.5 Å². The van der Waals surface area contributed by atoms with Gasteiger partial charge in [-0.3, -0.25) is 9.78 Å². The van der Waals surface area contributed by atoms with Gasteiger partial charge >= 0.3 is 6.09 Å². The first kappa shape index (κ1) is 30.2. The highest BCUT2D eigenvalue weighted by Crippen LogP contribution is 2.40. The zero-order valence-electron chi connectivity index (χ0n) is 25.0. The number of rotatable bonds is 7. The van der Waals surface area contributed by atoms with Crippen molar-refractivity contribution in [3.63, 3.8) is 0 Å². The topological polar surface area (TPSA) is 117 Å². The monoisotopic (exact) mass is 575 g/mol. The number of nitrogens with zero attached hydrogens (tertiary/aromatic N) is 3. The molecule has 1 aromatic carbocycles. The molecule has 1 aliphatic rings. The predicted molar refractivity (Wildman–Crippen MR) is 167 cm³/mol. The third-order valence-corrected chi connectivity index (χ3v) is 12.7. The number of amides is 2. The number of benzene rings is 1. The van der Waals surface area contributed by atoms with Gasteiger partial charge in [-0.15, -0.1) is 0 Å². The fourth-order valence-electron chi connectivity index (χ4n) is 4.92. The number of allylic oxidation sites excluding steroid dienone is 1. The van der Waals surface area contributed by atoms with Crippen LogP contribution in [0.1, 0.15) is 50.7 Å². The second kappa shape index (κ2) is 11.6. The van der Waals surface area contributed by atoms with Crippen LogP contribution in [0.5, 0.6) is 0 Å². The number of anilines is 2. The molecule has 3 atom stereocenters. The molecule has 0 unspecified atom stereocenters. The highest BCUT2D eigenvalue weighted by atomic mass is 28.4. The van der Waals surface area contributed by atoms with E-state index in [2.05, 4.69) is 72.9 Å². The summed E-state index contributed by atoms with van der Waals surface area (Å²) >= 11 is 0. The van der Waals surface area contributed by atoms with E-state index in [0.29, 0.717) is 24.3 Å². The van der Waals surface area contributed by atoms with Gasteiger partial charge in [0.1, 0.15) is 5.69 Å². The maximum Gasteiger partial charge on any atom is 0.405 e. The average Bonchev–Trinajstić information content (AvgIpc) is 2.89. The van der Waals surface area contributed by atoms with E-state index in [1.807, 2.05) is 37.3 Å². The predicted octanol–water partition coefficient (Wildman–Crippen LogP) is 6.40. The fraction of sp³-hybridized carbons (Fsp3) is 0.419. The number of fused-ring (bicyclic) bond motifs is 1. The Morgan fingerprint density at radius 1 is 1.15 bits per heavy atom. The highest BCUT2D eigenvalue weighted by molar-refractivity contribution is 6.74. The van der Waals surface area contributed by atoms with Crippen molar-refractivity contribution in [2.45, 2.75) is 64.9 Å². The molecule has 41 heavy (non-hydrogen) atoms. The first-order chi connectivity index (χ1) is 19.2. The van der Waals surface area contributed by atoms with Crippen LogP contribution in [0.15, 0.2) is 55.4 Å². The quantitative estimate of drug-likeness (QED) is 0.279. The number of pyridine rings is 2. The molecule has 0 bridgehead atoms. The molecule has 218 valence electrons. The van der Waals surface area contributed by atoms with Gasteiger partial charge in [0.25, 0.3) is 5.91 Å². The smallest absolute Gasteiger partial charge is 0.405 e. The number of hydrogen-bond acceptors (Lipinski definition) is 6. The lowest BCUT2D eigenvalue weighted by Crippen LogP contribution is -2.62. The number of carbonyl (C=O) groups is 2. The van der Waals surface area contributed by atoms with E-state index in [4.69, 9.17) is 4.43 Å². The summed E-state index contributed by atoms with van der Waals surface area (Å²) in [6, 6.07) is 10.8. The Hall–Kier alpha value is -3.76. The van der Waals surface area contributed by atoms with Crippen LogP contribution >= 0.6 is 0 Å². The summed E-state index contributed by atoms with van der Waals surface area (Å²) in [6.45, 7) is 19.9. The Labute approximate surface area is 243 Å². The molecule has 1 aliphatic heterocycles. The van der Waals surface area contributed by atoms with Crippen LogP contribution < -0.4 is 15.5 Å². The number of carboxylic acid groups (broad SMARTS) is 1. The van der Waals surface area contributed by atoms with Crippen molar-refractivity contribution in [2.75, 3.05) is 23.3 Å². The normalized spacial score (nSPS) is 19.6. The average molecular weight is 576 g/mol. The fourth-order valence-corrected chi connectivity index (χ4v) is 6.35. The van der Waals surface area contributed by atoms with Crippen molar-refractivity contribution >= 4 is 48.2 Å². The molecular formula is C31H41N5O4Si. The Bertz CT molecular complexity index is 1470. The van der Waals surface area contributed by atoms with Crippen LogP contribution in [0.4, 0.5) is 16.2 Å². The zero-order valence-corrected chi connectivity index (χ0v) is 26.0. The van der Waals surface area contributed by atoms with Gasteiger partial charge in [-0.2, -0.15) is 0 Å². The molecule has 2 amide bonds. The summed E-state index contributed by atoms with van der Waals surface area (Å²) in [5.74, 6) is -0.331. The summed E-state index contributed by atoms with van der Waals surface area (Å²) in [6.07, 6.45) is 1.92. The highest BCUT2D eigenvalue weighted by Gasteiger charge is 2.45. The molecule has 3 N–H and O–H groups in total. The van der Waals surface area contributed by atoms with E-state index >= 15 is 0 Å². The molecule has 0 aliphatic carbocycles. The Morgan fingerprint density at radius 2 is 1.85 bits per heavy atom. The molecule has 1 saturated heterocycles. The van der Waals surface area contributed by atoms with Crippen molar-refractivity contribution in [1.29, 1.82) is 0 Å². The molecule has 1 fully saturated rings. The van der Waals surface area contributed by atoms with Gasteiger partial charge in [0.15, 0.2) is 8.32 Å². The van der Waals surface area contributed by atoms with Crippen molar-refractivity contribution < 1.29 is 19.1 Å². The molecule has 3 aromatic rings. The van der Waals surface area contributed by atoms with E-state index in [1.165, 1.54) is 0 Å². The van der Waals surface area contributed by atoms with Crippen LogP contribution in [0, 0.1) is 5.92 Å². The lowest BCUT2D eigenvalue weighted by Gasteiger charge is -2.48. The summed E-state index contributed by atoms with van der Waals surface area (Å²) in [7, 11) is -2.16. The largest absolute Gasteiger partial charge is 0.465 e. The third-order valence-electron chi connectivity index (χ3n) is 8.23. The number of nitrogens with one attached hydrogen (secondary N) is 2. The minimum absolute atomic E-state index is 0.0109. The second-order valence-electron chi connectivity index (χ2n) is 12.5. The van der Waals surface area contributed by atoms with Gasteiger partial charge in [-0.05, 0) is 48.8 Å². The van der Waals surface area contributed by atoms with Gasteiger partial charge < -0.3 is 25.1 Å². The lowest BCUT2D eigenvalue weighted by molar-refractivity contribution is 0.0722. The number of hydrogen-bond donors (Lipinski definition) is 3. The molecule has 0 radical (unpaired) electrons. The van der Waals surface area contributed by atoms with E-state index in [-0.39, 0.29) is 28.7 Å². The van der Waals surface area contributed by atoms with Crippen molar-refractivity contribution in [3.05, 3.63) is 66.6 Å². The van der Waals surface area contributed by atoms with Crippen LogP contribution in [0.3, 0.4) is 0 Å². The molecular weight excluding hydrogens is 534 g/mol. The van der Waals surface area contributed by atoms with Crippen molar-refractivity contribution in [3.8, 4) is 0 Å². The standard InChI is InChI=1S/C31H41N5O4Si/c1-19(2)22-10-9-21-11-12-23(33-24(21)15-22)29(37)34-25-16-32-14-13-27(25)36-17-20(3)28(26(18-36)35-30(38)39)40-41(7,8)31(4,5)6/h9-16,20,26,28,35H,1,17-18H2,2-8H3,(H,34,37)(H,38,39)/t20-,26+,28+/m0/s1. The van der Waals surface area contributed by atoms with Crippen molar-refractivity contribution in [2.24, 2.45) is 5.92 Å². The molecule has 0 saturated carbocycles. The maximum atomic E-state index is 13.3. The molecule has 0 spiro atoms. The molecule has 2 aromatic heterocycles. The molecule has 4 rings (SSSR count). The lowest BCUT2D eigenvalue weighted by atomic mass is 9.92. The Morgan fingerprint density at radius 3 is 2.51 bits per heavy atom. The summed E-state index contributed by atoms with van der Waals surface area (Å²) in [5.41, 5.74) is 4.17. The van der Waals surface area contributed by atoms with Gasteiger partial charge in [-0.25, -0.2) is 9.78 Å². The number of aromatic nitrogens is 2. The van der Waals surface area contributed by atoms with E-state index in [0.717, 1.165) is 22.2 Å². The van der Waals surface area contributed by atoms with Crippen LogP contribution in [-0.2, 0) is 4.43 Å². The number of piperidine rings is 1. The zero-order chi connectivity index (χ0) is 30.1. The summed E-state index contributed by atoms with van der Waals surface area (Å²) < 4.78 is 6.75. The number of carbonyl (C=O) groups excluding carboxylic acids is 1. The molecule has 10 heteroatoms. The third kappa shape index (κ3) is 6.77. The summed E-state index contributed by atoms with van der Waals surface area (Å²) in [4.78, 5) is 36.1. The van der Waals surface area contributed by atoms with Crippen molar-refractivity contribution in [1.82, 2.24) is 15.3 Å². The SMILES string of the molecule is C=C(C)c1ccc2ccc(C(=O)Nc3cnccc3N3C[C@H](C)[C@@H](O[Si](C)(C)C(C)(C)C)[C@H](NC(=O)O)C3)nc2c1. The van der Waals surface area contributed by atoms with Crippen LogP contribution in [0.2, 0.25) is 18.1 Å². The van der Waals surface area contributed by atoms with Gasteiger partial charge in [0.05, 0.1) is 35.2 Å². The minimum atomic E-state index is -2.16. The Kier molecular flexibility index (Phi) is 8.56. The molecule has 9 nitrogen and oxygen atoms in total. The Balaban J connectivity index is 1.59. The minimum Gasteiger partial charge on any atom is -0.465 e. The van der Waals surface area contributed by atoms with Crippen LogP contribution in [-0.4, -0.2) is 60.6 Å². The summed E-state index contributed by atoms with van der Waals surface area (Å²) in [5, 5.41) is 16.3. The molecule has 3 heterocycles. The first-order valence-corrected chi connectivity index (χ1v) is 16.8. The second-order valence-corrected chi connectivity index (χ2v) is 17.3. The first-order valence-electron chi connectivity index (χ1n) is 13.9.